The number of nitrogens with zero attached hydrogens (tertiary/aromatic N) is 2. The molecule has 0 bridgehead atoms. The lowest BCUT2D eigenvalue weighted by Gasteiger charge is -2.12. The van der Waals surface area contributed by atoms with E-state index in [9.17, 15) is 18.8 Å². The Morgan fingerprint density at radius 3 is 2.68 bits per heavy atom. The summed E-state index contributed by atoms with van der Waals surface area (Å²) in [6, 6.07) is 15.7. The molecule has 0 radical (unpaired) electrons. The van der Waals surface area contributed by atoms with Crippen LogP contribution >= 0.6 is 11.8 Å². The Labute approximate surface area is 200 Å². The number of halogens is 1. The van der Waals surface area contributed by atoms with E-state index in [2.05, 4.69) is 10.3 Å². The van der Waals surface area contributed by atoms with Crippen molar-refractivity contribution in [3.63, 3.8) is 0 Å². The SMILES string of the molecule is O=C(CCCc1ncc(-c2ccccc2)o1)NCCN1C(=O)S/C(=C\c2ccccc2F)C1=O. The highest BCUT2D eigenvalue weighted by atomic mass is 32.2. The Hall–Kier alpha value is -3.72. The molecule has 1 aromatic heterocycles. The molecular formula is C25H22FN3O4S. The standard InChI is InChI=1S/C25H22FN3O4S/c26-19-10-5-4-9-18(19)15-21-24(31)29(25(32)34-21)14-13-27-22(30)11-6-12-23-28-16-20(33-23)17-7-2-1-3-8-17/h1-5,7-10,15-16H,6,11-14H2,(H,27,30)/b21-15-. The Kier molecular flexibility index (Phi) is 7.54. The third-order valence-corrected chi connectivity index (χ3v) is 6.04. The molecule has 2 heterocycles. The van der Waals surface area contributed by atoms with Gasteiger partial charge < -0.3 is 9.73 Å². The summed E-state index contributed by atoms with van der Waals surface area (Å²) in [6.45, 7) is 0.187. The van der Waals surface area contributed by atoms with Crippen LogP contribution in [0.1, 0.15) is 24.3 Å². The van der Waals surface area contributed by atoms with Gasteiger partial charge in [0.2, 0.25) is 5.91 Å². The van der Waals surface area contributed by atoms with Gasteiger partial charge in [0.25, 0.3) is 11.1 Å². The largest absolute Gasteiger partial charge is 0.441 e. The molecule has 7 nitrogen and oxygen atoms in total. The van der Waals surface area contributed by atoms with Crippen molar-refractivity contribution in [2.45, 2.75) is 19.3 Å². The first kappa shape index (κ1) is 23.4. The van der Waals surface area contributed by atoms with Crippen molar-refractivity contribution in [3.8, 4) is 11.3 Å². The van der Waals surface area contributed by atoms with Crippen molar-refractivity contribution < 1.29 is 23.2 Å². The number of imide groups is 1. The molecule has 9 heteroatoms. The van der Waals surface area contributed by atoms with Crippen LogP contribution in [0.4, 0.5) is 9.18 Å². The number of benzene rings is 2. The second-order valence-electron chi connectivity index (χ2n) is 7.54. The van der Waals surface area contributed by atoms with Gasteiger partial charge in [0, 0.05) is 37.1 Å². The zero-order valence-corrected chi connectivity index (χ0v) is 19.0. The molecule has 0 atom stereocenters. The van der Waals surface area contributed by atoms with Crippen LogP contribution < -0.4 is 5.32 Å². The molecule has 174 valence electrons. The molecule has 0 unspecified atom stereocenters. The summed E-state index contributed by atoms with van der Waals surface area (Å²) in [7, 11) is 0. The van der Waals surface area contributed by atoms with Gasteiger partial charge in [0.05, 0.1) is 11.1 Å². The van der Waals surface area contributed by atoms with E-state index in [1.165, 1.54) is 18.2 Å². The maximum absolute atomic E-state index is 13.8. The predicted molar refractivity (Wildman–Crippen MR) is 127 cm³/mol. The van der Waals surface area contributed by atoms with Crippen LogP contribution in [0.2, 0.25) is 0 Å². The fourth-order valence-corrected chi connectivity index (χ4v) is 4.24. The second-order valence-corrected chi connectivity index (χ2v) is 8.54. The van der Waals surface area contributed by atoms with Gasteiger partial charge in [-0.25, -0.2) is 9.37 Å². The molecule has 34 heavy (non-hydrogen) atoms. The molecular weight excluding hydrogens is 457 g/mol. The molecule has 0 saturated carbocycles. The number of rotatable bonds is 9. The summed E-state index contributed by atoms with van der Waals surface area (Å²) in [4.78, 5) is 42.3. The Morgan fingerprint density at radius 1 is 1.12 bits per heavy atom. The average Bonchev–Trinajstić information content (AvgIpc) is 3.41. The summed E-state index contributed by atoms with van der Waals surface area (Å²) in [6.07, 6.45) is 4.36. The third-order valence-electron chi connectivity index (χ3n) is 5.13. The van der Waals surface area contributed by atoms with Crippen molar-refractivity contribution in [2.24, 2.45) is 0 Å². The van der Waals surface area contributed by atoms with E-state index in [-0.39, 0.29) is 35.9 Å². The van der Waals surface area contributed by atoms with E-state index in [1.807, 2.05) is 30.3 Å². The Bertz CT molecular complexity index is 1230. The van der Waals surface area contributed by atoms with Gasteiger partial charge >= 0.3 is 0 Å². The first-order chi connectivity index (χ1) is 16.5. The van der Waals surface area contributed by atoms with Crippen LogP contribution in [0.15, 0.2) is 70.1 Å². The van der Waals surface area contributed by atoms with Crippen LogP contribution in [0.25, 0.3) is 17.4 Å². The minimum atomic E-state index is -0.495. The molecule has 0 spiro atoms. The van der Waals surface area contributed by atoms with Crippen LogP contribution in [-0.4, -0.2) is 40.0 Å². The van der Waals surface area contributed by atoms with Crippen molar-refractivity contribution in [1.82, 2.24) is 15.2 Å². The highest BCUT2D eigenvalue weighted by Gasteiger charge is 2.34. The number of hydrogen-bond donors (Lipinski definition) is 1. The summed E-state index contributed by atoms with van der Waals surface area (Å²) in [5.74, 6) is 0.0873. The van der Waals surface area contributed by atoms with Crippen LogP contribution in [0, 0.1) is 5.82 Å². The number of carbonyl (C=O) groups is 3. The lowest BCUT2D eigenvalue weighted by Crippen LogP contribution is -2.37. The number of amides is 3. The van der Waals surface area contributed by atoms with E-state index in [1.54, 1.807) is 18.3 Å². The zero-order valence-electron chi connectivity index (χ0n) is 18.2. The molecule has 1 aliphatic rings. The smallest absolute Gasteiger partial charge is 0.293 e. The predicted octanol–water partition coefficient (Wildman–Crippen LogP) is 4.66. The maximum atomic E-state index is 13.8. The fourth-order valence-electron chi connectivity index (χ4n) is 3.38. The lowest BCUT2D eigenvalue weighted by atomic mass is 10.2. The summed E-state index contributed by atoms with van der Waals surface area (Å²) in [5, 5.41) is 2.27. The van der Waals surface area contributed by atoms with Gasteiger partial charge in [0.1, 0.15) is 5.82 Å². The van der Waals surface area contributed by atoms with Crippen molar-refractivity contribution in [1.29, 1.82) is 0 Å². The van der Waals surface area contributed by atoms with Crippen LogP contribution in [0.3, 0.4) is 0 Å². The summed E-state index contributed by atoms with van der Waals surface area (Å²) >= 11 is 0.758. The Balaban J connectivity index is 1.20. The number of thioether (sulfide) groups is 1. The summed E-state index contributed by atoms with van der Waals surface area (Å²) in [5.41, 5.74) is 1.18. The quantitative estimate of drug-likeness (QED) is 0.449. The molecule has 3 aromatic rings. The fraction of sp³-hybridized carbons (Fsp3) is 0.200. The molecule has 3 amide bonds. The molecule has 1 aliphatic heterocycles. The maximum Gasteiger partial charge on any atom is 0.293 e. The summed E-state index contributed by atoms with van der Waals surface area (Å²) < 4.78 is 19.6. The molecule has 1 N–H and O–H groups in total. The molecule has 4 rings (SSSR count). The van der Waals surface area contributed by atoms with Crippen LogP contribution in [-0.2, 0) is 16.0 Å². The second kappa shape index (κ2) is 10.9. The van der Waals surface area contributed by atoms with Crippen molar-refractivity contribution in [3.05, 3.63) is 83.0 Å². The highest BCUT2D eigenvalue weighted by Crippen LogP contribution is 2.32. The molecule has 2 aromatic carbocycles. The van der Waals surface area contributed by atoms with Gasteiger partial charge in [-0.1, -0.05) is 48.5 Å². The normalized spacial score (nSPS) is 14.7. The molecule has 1 saturated heterocycles. The van der Waals surface area contributed by atoms with Gasteiger partial charge in [-0.3, -0.25) is 19.3 Å². The first-order valence-electron chi connectivity index (χ1n) is 10.8. The third kappa shape index (κ3) is 5.79. The number of carbonyl (C=O) groups excluding carboxylic acids is 3. The highest BCUT2D eigenvalue weighted by molar-refractivity contribution is 8.18. The van der Waals surface area contributed by atoms with Crippen LogP contribution in [0.5, 0.6) is 0 Å². The first-order valence-corrected chi connectivity index (χ1v) is 11.6. The monoisotopic (exact) mass is 479 g/mol. The van der Waals surface area contributed by atoms with E-state index >= 15 is 0 Å². The van der Waals surface area contributed by atoms with Crippen molar-refractivity contribution in [2.75, 3.05) is 13.1 Å². The van der Waals surface area contributed by atoms with E-state index in [0.29, 0.717) is 24.5 Å². The zero-order chi connectivity index (χ0) is 23.9. The number of aromatic nitrogens is 1. The lowest BCUT2D eigenvalue weighted by molar-refractivity contribution is -0.124. The Morgan fingerprint density at radius 2 is 1.88 bits per heavy atom. The molecule has 1 fully saturated rings. The van der Waals surface area contributed by atoms with Gasteiger partial charge in [0.15, 0.2) is 11.7 Å². The minimum absolute atomic E-state index is 0.0468. The van der Waals surface area contributed by atoms with Gasteiger partial charge in [-0.2, -0.15) is 0 Å². The van der Waals surface area contributed by atoms with E-state index < -0.39 is 17.0 Å². The molecule has 0 aliphatic carbocycles. The minimum Gasteiger partial charge on any atom is -0.441 e. The number of oxazole rings is 1. The van der Waals surface area contributed by atoms with Gasteiger partial charge in [-0.15, -0.1) is 0 Å². The topological polar surface area (TPSA) is 92.5 Å². The van der Waals surface area contributed by atoms with Gasteiger partial charge in [-0.05, 0) is 30.3 Å². The average molecular weight is 480 g/mol. The number of hydrogen-bond acceptors (Lipinski definition) is 6. The van der Waals surface area contributed by atoms with E-state index in [4.69, 9.17) is 4.42 Å². The van der Waals surface area contributed by atoms with E-state index in [0.717, 1.165) is 22.2 Å². The van der Waals surface area contributed by atoms with Crippen molar-refractivity contribution >= 4 is 34.9 Å². The number of aryl methyl sites for hydroxylation is 1. The number of nitrogens with one attached hydrogen (secondary N) is 1.